The Kier molecular flexibility index (Phi) is 7.22. The van der Waals surface area contributed by atoms with Crippen LogP contribution in [0.5, 0.6) is 0 Å². The van der Waals surface area contributed by atoms with Gasteiger partial charge >= 0.3 is 11.9 Å². The molecule has 0 bridgehead atoms. The molecule has 1 saturated heterocycles. The lowest BCUT2D eigenvalue weighted by atomic mass is 10.0. The fourth-order valence-electron chi connectivity index (χ4n) is 3.54. The maximum atomic E-state index is 12.8. The summed E-state index contributed by atoms with van der Waals surface area (Å²) in [4.78, 5) is 54.6. The van der Waals surface area contributed by atoms with Crippen molar-refractivity contribution >= 4 is 47.3 Å². The van der Waals surface area contributed by atoms with E-state index >= 15 is 0 Å². The molecule has 2 atom stereocenters. The van der Waals surface area contributed by atoms with Crippen LogP contribution in [0.2, 0.25) is 0 Å². The minimum Gasteiger partial charge on any atom is -0.477 e. The molecule has 178 valence electrons. The number of aliphatic carboxylic acids is 1. The first-order chi connectivity index (χ1) is 16.4. The van der Waals surface area contributed by atoms with Crippen LogP contribution in [0.1, 0.15) is 18.3 Å². The third-order valence-electron chi connectivity index (χ3n) is 5.00. The van der Waals surface area contributed by atoms with Crippen LogP contribution in [0.15, 0.2) is 46.1 Å². The summed E-state index contributed by atoms with van der Waals surface area (Å²) in [7, 11) is 0. The maximum absolute atomic E-state index is 12.8. The molecule has 13 heteroatoms. The number of hydrogen-bond donors (Lipinski definition) is 3. The highest BCUT2D eigenvalue weighted by atomic mass is 32.2. The van der Waals surface area contributed by atoms with Gasteiger partial charge in [-0.15, -0.1) is 16.9 Å². The average molecular weight is 504 g/mol. The Hall–Kier alpha value is -3.32. The highest BCUT2D eigenvalue weighted by molar-refractivity contribution is 8.06. The van der Waals surface area contributed by atoms with Gasteiger partial charge in [-0.2, -0.15) is 0 Å². The SMILES string of the molecule is CCOC(=O)Cc1nc(SC2=C(C(=O)O)N3C(=O)[C@@H](NC(=O)Cc4ccccc4)[C@@H]3SC2)n[nH]1. The van der Waals surface area contributed by atoms with E-state index < -0.39 is 29.3 Å². The first-order valence-electron chi connectivity index (χ1n) is 10.4. The number of carbonyl (C=O) groups is 4. The molecule has 0 aliphatic carbocycles. The average Bonchev–Trinajstić information content (AvgIpc) is 3.24. The van der Waals surface area contributed by atoms with Crippen LogP contribution in [-0.2, 0) is 36.8 Å². The van der Waals surface area contributed by atoms with Crippen LogP contribution in [0, 0.1) is 0 Å². The van der Waals surface area contributed by atoms with Gasteiger partial charge in [-0.3, -0.25) is 24.4 Å². The second-order valence-corrected chi connectivity index (χ2v) is 9.51. The highest BCUT2D eigenvalue weighted by Crippen LogP contribution is 2.44. The first kappa shape index (κ1) is 23.8. The van der Waals surface area contributed by atoms with E-state index in [0.29, 0.717) is 16.5 Å². The predicted molar refractivity (Wildman–Crippen MR) is 122 cm³/mol. The van der Waals surface area contributed by atoms with Gasteiger partial charge in [0.05, 0.1) is 13.0 Å². The zero-order valence-electron chi connectivity index (χ0n) is 18.0. The van der Waals surface area contributed by atoms with Crippen molar-refractivity contribution in [3.63, 3.8) is 0 Å². The van der Waals surface area contributed by atoms with E-state index in [0.717, 1.165) is 17.3 Å². The number of rotatable bonds is 9. The number of carbonyl (C=O) groups excluding carboxylic acids is 3. The number of nitrogens with one attached hydrogen (secondary N) is 2. The van der Waals surface area contributed by atoms with E-state index in [9.17, 15) is 24.3 Å². The Morgan fingerprint density at radius 2 is 2.06 bits per heavy atom. The third-order valence-corrected chi connectivity index (χ3v) is 7.41. The maximum Gasteiger partial charge on any atom is 0.353 e. The lowest BCUT2D eigenvalue weighted by Gasteiger charge is -2.49. The van der Waals surface area contributed by atoms with Crippen molar-refractivity contribution in [1.29, 1.82) is 0 Å². The Morgan fingerprint density at radius 3 is 2.76 bits per heavy atom. The number of ether oxygens (including phenoxy) is 1. The molecule has 34 heavy (non-hydrogen) atoms. The zero-order valence-corrected chi connectivity index (χ0v) is 19.6. The van der Waals surface area contributed by atoms with Gasteiger partial charge in [0.25, 0.3) is 5.91 Å². The molecular weight excluding hydrogens is 482 g/mol. The molecule has 1 fully saturated rings. The van der Waals surface area contributed by atoms with Crippen LogP contribution in [-0.4, -0.2) is 72.7 Å². The Morgan fingerprint density at radius 1 is 1.29 bits per heavy atom. The van der Waals surface area contributed by atoms with E-state index in [2.05, 4.69) is 20.5 Å². The molecule has 1 aromatic carbocycles. The summed E-state index contributed by atoms with van der Waals surface area (Å²) in [5.41, 5.74) is 0.669. The number of β-lactam (4-membered cyclic amide) rings is 1. The van der Waals surface area contributed by atoms with Crippen molar-refractivity contribution in [2.24, 2.45) is 0 Å². The lowest BCUT2D eigenvalue weighted by Crippen LogP contribution is -2.70. The largest absolute Gasteiger partial charge is 0.477 e. The van der Waals surface area contributed by atoms with Crippen LogP contribution < -0.4 is 5.32 Å². The molecule has 0 spiro atoms. The number of H-pyrrole nitrogens is 1. The summed E-state index contributed by atoms with van der Waals surface area (Å²) < 4.78 is 4.87. The molecule has 2 amide bonds. The van der Waals surface area contributed by atoms with E-state index in [1.54, 1.807) is 6.92 Å². The molecule has 1 aromatic heterocycles. The number of benzene rings is 1. The fourth-order valence-corrected chi connectivity index (χ4v) is 5.92. The van der Waals surface area contributed by atoms with Gasteiger partial charge in [-0.1, -0.05) is 30.3 Å². The number of aromatic amines is 1. The summed E-state index contributed by atoms with van der Waals surface area (Å²) in [6, 6.07) is 8.35. The van der Waals surface area contributed by atoms with E-state index in [1.807, 2.05) is 30.3 Å². The second-order valence-electron chi connectivity index (χ2n) is 7.34. The molecule has 0 radical (unpaired) electrons. The van der Waals surface area contributed by atoms with Crippen molar-refractivity contribution in [1.82, 2.24) is 25.4 Å². The minimum absolute atomic E-state index is 0.0853. The van der Waals surface area contributed by atoms with Gasteiger partial charge in [-0.05, 0) is 24.2 Å². The Labute approximate surface area is 202 Å². The molecule has 0 unspecified atom stereocenters. The molecule has 3 heterocycles. The number of carboxylic acid groups (broad SMARTS) is 1. The molecule has 3 N–H and O–H groups in total. The van der Waals surface area contributed by atoms with E-state index in [-0.39, 0.29) is 36.2 Å². The predicted octanol–water partition coefficient (Wildman–Crippen LogP) is 0.941. The molecule has 2 aliphatic heterocycles. The number of thioether (sulfide) groups is 2. The topological polar surface area (TPSA) is 155 Å². The van der Waals surface area contributed by atoms with Gasteiger partial charge in [-0.25, -0.2) is 9.78 Å². The summed E-state index contributed by atoms with van der Waals surface area (Å²) in [6.07, 6.45) is 0.0434. The number of carboxylic acids is 1. The van der Waals surface area contributed by atoms with Crippen molar-refractivity contribution in [2.45, 2.75) is 36.3 Å². The van der Waals surface area contributed by atoms with Crippen LogP contribution in [0.25, 0.3) is 0 Å². The molecule has 0 saturated carbocycles. The third kappa shape index (κ3) is 5.09. The number of amides is 2. The van der Waals surface area contributed by atoms with Gasteiger partial charge in [0.15, 0.2) is 0 Å². The van der Waals surface area contributed by atoms with Gasteiger partial charge in [0, 0.05) is 10.7 Å². The standard InChI is InChI=1S/C21H21N5O6S2/c1-2-32-15(28)9-13-22-21(25-24-13)34-12-10-33-19-16(18(29)26(19)17(12)20(30)31)23-14(27)8-11-6-4-3-5-7-11/h3-7,16,19H,2,8-10H2,1H3,(H,23,27)(H,30,31)(H,22,24,25)/t16-,19+/m1/s1. The Bertz CT molecular complexity index is 1150. The van der Waals surface area contributed by atoms with Gasteiger partial charge in [0.1, 0.15) is 29.4 Å². The zero-order chi connectivity index (χ0) is 24.2. The van der Waals surface area contributed by atoms with E-state index in [4.69, 9.17) is 4.74 Å². The smallest absolute Gasteiger partial charge is 0.353 e. The first-order valence-corrected chi connectivity index (χ1v) is 12.2. The summed E-state index contributed by atoms with van der Waals surface area (Å²) in [6.45, 7) is 1.95. The second kappa shape index (κ2) is 10.3. The monoisotopic (exact) mass is 503 g/mol. The quantitative estimate of drug-likeness (QED) is 0.333. The number of hydrogen-bond acceptors (Lipinski definition) is 9. The van der Waals surface area contributed by atoms with E-state index in [1.165, 1.54) is 16.7 Å². The summed E-state index contributed by atoms with van der Waals surface area (Å²) >= 11 is 2.37. The molecular formula is C21H21N5O6S2. The summed E-state index contributed by atoms with van der Waals surface area (Å²) in [5, 5.41) is 18.9. The summed E-state index contributed by atoms with van der Waals surface area (Å²) in [5.74, 6) is -1.90. The van der Waals surface area contributed by atoms with Crippen LogP contribution in [0.3, 0.4) is 0 Å². The molecule has 11 nitrogen and oxygen atoms in total. The number of nitrogens with zero attached hydrogens (tertiary/aromatic N) is 3. The Balaban J connectivity index is 1.43. The number of esters is 1. The molecule has 4 rings (SSSR count). The highest BCUT2D eigenvalue weighted by Gasteiger charge is 2.54. The molecule has 2 aliphatic rings. The van der Waals surface area contributed by atoms with Crippen LogP contribution >= 0.6 is 23.5 Å². The van der Waals surface area contributed by atoms with Gasteiger partial charge in [0.2, 0.25) is 11.1 Å². The van der Waals surface area contributed by atoms with Crippen LogP contribution in [0.4, 0.5) is 0 Å². The number of aromatic nitrogens is 3. The lowest BCUT2D eigenvalue weighted by molar-refractivity contribution is -0.150. The molecule has 2 aromatic rings. The fraction of sp³-hybridized carbons (Fsp3) is 0.333. The van der Waals surface area contributed by atoms with Crippen molar-refractivity contribution in [2.75, 3.05) is 12.4 Å². The van der Waals surface area contributed by atoms with Gasteiger partial charge < -0.3 is 15.2 Å². The van der Waals surface area contributed by atoms with Crippen molar-refractivity contribution < 1.29 is 29.0 Å². The van der Waals surface area contributed by atoms with Crippen molar-refractivity contribution in [3.05, 3.63) is 52.3 Å². The van der Waals surface area contributed by atoms with Crippen molar-refractivity contribution in [3.8, 4) is 0 Å². The normalized spacial score (nSPS) is 19.3. The number of fused-ring (bicyclic) bond motifs is 1. The minimum atomic E-state index is -1.25.